The Kier molecular flexibility index (Phi) is 5.20. The first-order valence-corrected chi connectivity index (χ1v) is 9.99. The van der Waals surface area contributed by atoms with Gasteiger partial charge in [0.25, 0.3) is 5.91 Å². The number of benzene rings is 2. The van der Waals surface area contributed by atoms with Crippen LogP contribution in [0.4, 0.5) is 0 Å². The predicted molar refractivity (Wildman–Crippen MR) is 112 cm³/mol. The van der Waals surface area contributed by atoms with E-state index in [1.165, 1.54) is 0 Å². The van der Waals surface area contributed by atoms with E-state index in [0.717, 1.165) is 59.9 Å². The summed E-state index contributed by atoms with van der Waals surface area (Å²) in [5.74, 6) is 0.988. The molecule has 1 saturated heterocycles. The van der Waals surface area contributed by atoms with Crippen LogP contribution in [0.15, 0.2) is 60.7 Å². The average molecular weight is 374 g/mol. The van der Waals surface area contributed by atoms with Crippen LogP contribution in [0.1, 0.15) is 35.8 Å². The largest absolute Gasteiger partial charge is 0.494 e. The van der Waals surface area contributed by atoms with Crippen LogP contribution in [0.5, 0.6) is 5.75 Å². The molecule has 144 valence electrons. The topological polar surface area (TPSA) is 34.5 Å². The Morgan fingerprint density at radius 1 is 1.00 bits per heavy atom. The van der Waals surface area contributed by atoms with E-state index in [1.54, 1.807) is 0 Å². The molecule has 0 atom stereocenters. The van der Waals surface area contributed by atoms with Gasteiger partial charge in [-0.1, -0.05) is 30.3 Å². The van der Waals surface area contributed by atoms with Crippen molar-refractivity contribution in [1.29, 1.82) is 0 Å². The van der Waals surface area contributed by atoms with Crippen LogP contribution in [0.3, 0.4) is 0 Å². The first-order chi connectivity index (χ1) is 13.7. The molecule has 28 heavy (non-hydrogen) atoms. The molecule has 4 nitrogen and oxygen atoms in total. The van der Waals surface area contributed by atoms with Gasteiger partial charge in [-0.15, -0.1) is 0 Å². The van der Waals surface area contributed by atoms with Crippen LogP contribution >= 0.6 is 0 Å². The maximum atomic E-state index is 13.1. The third-order valence-corrected chi connectivity index (χ3v) is 5.35. The highest BCUT2D eigenvalue weighted by molar-refractivity contribution is 5.97. The van der Waals surface area contributed by atoms with E-state index >= 15 is 0 Å². The average Bonchev–Trinajstić information content (AvgIpc) is 3.38. The molecule has 1 aliphatic rings. The summed E-state index contributed by atoms with van der Waals surface area (Å²) in [6.07, 6.45) is 2.19. The Labute approximate surface area is 166 Å². The molecule has 4 rings (SSSR count). The van der Waals surface area contributed by atoms with Gasteiger partial charge in [-0.05, 0) is 62.6 Å². The van der Waals surface area contributed by atoms with Gasteiger partial charge in [0.05, 0.1) is 17.9 Å². The van der Waals surface area contributed by atoms with Gasteiger partial charge < -0.3 is 14.2 Å². The summed E-state index contributed by atoms with van der Waals surface area (Å²) >= 11 is 0. The zero-order valence-electron chi connectivity index (χ0n) is 16.5. The molecule has 0 aliphatic carbocycles. The normalized spacial score (nSPS) is 13.7. The maximum Gasteiger partial charge on any atom is 0.255 e. The molecule has 1 fully saturated rings. The number of hydrogen-bond donors (Lipinski definition) is 0. The quantitative estimate of drug-likeness (QED) is 0.624. The highest BCUT2D eigenvalue weighted by Crippen LogP contribution is 2.31. The van der Waals surface area contributed by atoms with Crippen LogP contribution in [0, 0.1) is 6.92 Å². The molecule has 3 aromatic rings. The van der Waals surface area contributed by atoms with Crippen molar-refractivity contribution in [3.05, 3.63) is 71.9 Å². The number of likely N-dealkylation sites (tertiary alicyclic amines) is 1. The Balaban J connectivity index is 1.82. The Morgan fingerprint density at radius 3 is 2.32 bits per heavy atom. The zero-order valence-corrected chi connectivity index (χ0v) is 16.5. The molecular weight excluding hydrogens is 348 g/mol. The number of ether oxygens (including phenoxy) is 1. The van der Waals surface area contributed by atoms with Gasteiger partial charge in [0.2, 0.25) is 0 Å². The van der Waals surface area contributed by atoms with Gasteiger partial charge in [-0.3, -0.25) is 4.79 Å². The van der Waals surface area contributed by atoms with Crippen molar-refractivity contribution in [2.75, 3.05) is 19.7 Å². The molecule has 0 radical (unpaired) electrons. The highest BCUT2D eigenvalue weighted by atomic mass is 16.5. The number of hydrogen-bond acceptors (Lipinski definition) is 2. The monoisotopic (exact) mass is 374 g/mol. The lowest BCUT2D eigenvalue weighted by atomic mass is 10.1. The second-order valence-corrected chi connectivity index (χ2v) is 7.16. The highest BCUT2D eigenvalue weighted by Gasteiger charge is 2.25. The van der Waals surface area contributed by atoms with Gasteiger partial charge in [0.15, 0.2) is 0 Å². The van der Waals surface area contributed by atoms with Gasteiger partial charge in [-0.25, -0.2) is 0 Å². The van der Waals surface area contributed by atoms with Crippen LogP contribution in [-0.4, -0.2) is 35.1 Å². The molecule has 0 bridgehead atoms. The Morgan fingerprint density at radius 2 is 1.68 bits per heavy atom. The number of amides is 1. The number of aromatic nitrogens is 1. The minimum Gasteiger partial charge on any atom is -0.494 e. The van der Waals surface area contributed by atoms with Crippen LogP contribution < -0.4 is 4.74 Å². The number of rotatable bonds is 5. The van der Waals surface area contributed by atoms with Crippen LogP contribution in [0.25, 0.3) is 16.9 Å². The summed E-state index contributed by atoms with van der Waals surface area (Å²) < 4.78 is 7.76. The molecule has 0 N–H and O–H groups in total. The minimum absolute atomic E-state index is 0.136. The molecular formula is C24H26N2O2. The molecule has 2 heterocycles. The van der Waals surface area contributed by atoms with E-state index < -0.39 is 0 Å². The van der Waals surface area contributed by atoms with E-state index in [-0.39, 0.29) is 5.91 Å². The van der Waals surface area contributed by atoms with Crippen molar-refractivity contribution >= 4 is 5.91 Å². The summed E-state index contributed by atoms with van der Waals surface area (Å²) in [6, 6.07) is 20.4. The third-order valence-electron chi connectivity index (χ3n) is 5.35. The number of carbonyl (C=O) groups excluding carboxylic acids is 1. The third kappa shape index (κ3) is 3.42. The fourth-order valence-corrected chi connectivity index (χ4v) is 3.93. The van der Waals surface area contributed by atoms with Gasteiger partial charge in [0, 0.05) is 24.5 Å². The molecule has 0 unspecified atom stereocenters. The van der Waals surface area contributed by atoms with E-state index in [9.17, 15) is 4.79 Å². The van der Waals surface area contributed by atoms with Crippen molar-refractivity contribution in [3.8, 4) is 22.7 Å². The molecule has 1 aromatic heterocycles. The fraction of sp³-hybridized carbons (Fsp3) is 0.292. The van der Waals surface area contributed by atoms with Crippen molar-refractivity contribution in [2.45, 2.75) is 26.7 Å². The Bertz CT molecular complexity index is 952. The lowest BCUT2D eigenvalue weighted by Crippen LogP contribution is -2.27. The first-order valence-electron chi connectivity index (χ1n) is 9.99. The summed E-state index contributed by atoms with van der Waals surface area (Å²) in [7, 11) is 0. The maximum absolute atomic E-state index is 13.1. The second-order valence-electron chi connectivity index (χ2n) is 7.16. The molecule has 0 spiro atoms. The summed E-state index contributed by atoms with van der Waals surface area (Å²) in [6.45, 7) is 6.37. The predicted octanol–water partition coefficient (Wildman–Crippen LogP) is 5.09. The molecule has 2 aromatic carbocycles. The van der Waals surface area contributed by atoms with Crippen molar-refractivity contribution in [1.82, 2.24) is 9.47 Å². The summed E-state index contributed by atoms with van der Waals surface area (Å²) in [5.41, 5.74) is 4.92. The second kappa shape index (κ2) is 7.93. The molecule has 1 aliphatic heterocycles. The molecule has 0 saturated carbocycles. The smallest absolute Gasteiger partial charge is 0.255 e. The van der Waals surface area contributed by atoms with Gasteiger partial charge >= 0.3 is 0 Å². The number of nitrogens with zero attached hydrogens (tertiary/aromatic N) is 2. The van der Waals surface area contributed by atoms with Crippen molar-refractivity contribution in [3.63, 3.8) is 0 Å². The van der Waals surface area contributed by atoms with Crippen molar-refractivity contribution in [2.24, 2.45) is 0 Å². The lowest BCUT2D eigenvalue weighted by molar-refractivity contribution is 0.0792. The van der Waals surface area contributed by atoms with Crippen LogP contribution in [-0.2, 0) is 0 Å². The number of carbonyl (C=O) groups is 1. The zero-order chi connectivity index (χ0) is 19.5. The standard InChI is InChI=1S/C24H26N2O2/c1-3-28-21-13-11-20(12-14-21)26-18(2)22(24(27)25-15-7-8-16-25)17-23(26)19-9-5-4-6-10-19/h4-6,9-14,17H,3,7-8,15-16H2,1-2H3. The minimum atomic E-state index is 0.136. The van der Waals surface area contributed by atoms with Gasteiger partial charge in [-0.2, -0.15) is 0 Å². The van der Waals surface area contributed by atoms with E-state index in [2.05, 4.69) is 28.8 Å². The molecule has 4 heteroatoms. The van der Waals surface area contributed by atoms with Gasteiger partial charge in [0.1, 0.15) is 5.75 Å². The van der Waals surface area contributed by atoms with Crippen LogP contribution in [0.2, 0.25) is 0 Å². The Hall–Kier alpha value is -3.01. The summed E-state index contributed by atoms with van der Waals surface area (Å²) in [4.78, 5) is 15.1. The lowest BCUT2D eigenvalue weighted by Gasteiger charge is -2.16. The molecule has 1 amide bonds. The first kappa shape index (κ1) is 18.4. The van der Waals surface area contributed by atoms with Crippen molar-refractivity contribution < 1.29 is 9.53 Å². The van der Waals surface area contributed by atoms with E-state index in [4.69, 9.17) is 4.74 Å². The van der Waals surface area contributed by atoms with E-state index in [0.29, 0.717) is 6.61 Å². The van der Waals surface area contributed by atoms with E-state index in [1.807, 2.05) is 55.1 Å². The summed E-state index contributed by atoms with van der Waals surface area (Å²) in [5, 5.41) is 0. The SMILES string of the molecule is CCOc1ccc(-n2c(-c3ccccc3)cc(C(=O)N3CCCC3)c2C)cc1. The fourth-order valence-electron chi connectivity index (χ4n) is 3.93.